The summed E-state index contributed by atoms with van der Waals surface area (Å²) >= 11 is 0. The quantitative estimate of drug-likeness (QED) is 0.658. The number of anilines is 1. The Morgan fingerprint density at radius 3 is 2.44 bits per heavy atom. The molecule has 27 heavy (non-hydrogen) atoms. The van der Waals surface area contributed by atoms with E-state index in [1.54, 1.807) is 18.0 Å². The highest BCUT2D eigenvalue weighted by Crippen LogP contribution is 2.25. The van der Waals surface area contributed by atoms with Gasteiger partial charge >= 0.3 is 0 Å². The van der Waals surface area contributed by atoms with Crippen LogP contribution in [0.5, 0.6) is 0 Å². The Morgan fingerprint density at radius 1 is 1.00 bits per heavy atom. The molecule has 1 aliphatic heterocycles. The first kappa shape index (κ1) is 16.9. The fourth-order valence-electron chi connectivity index (χ4n) is 2.90. The third-order valence-electron chi connectivity index (χ3n) is 4.21. The summed E-state index contributed by atoms with van der Waals surface area (Å²) in [5.74, 6) is -0.163. The lowest BCUT2D eigenvalue weighted by Gasteiger charge is -2.11. The largest absolute Gasteiger partial charge is 0.378 e. The Morgan fingerprint density at radius 2 is 1.78 bits per heavy atom. The molecule has 0 N–H and O–H groups in total. The van der Waals surface area contributed by atoms with Gasteiger partial charge in [0.1, 0.15) is 0 Å². The van der Waals surface area contributed by atoms with Crippen molar-refractivity contribution in [3.05, 3.63) is 84.2 Å². The molecule has 0 radical (unpaired) electrons. The van der Waals surface area contributed by atoms with E-state index in [9.17, 15) is 4.79 Å². The van der Waals surface area contributed by atoms with Crippen molar-refractivity contribution in [1.82, 2.24) is 9.78 Å². The molecule has 0 bridgehead atoms. The average molecular weight is 358 g/mol. The number of amides is 1. The van der Waals surface area contributed by atoms with Crippen LogP contribution >= 0.6 is 0 Å². The van der Waals surface area contributed by atoms with Crippen LogP contribution in [-0.2, 0) is 9.53 Å². The normalized spacial score (nSPS) is 15.4. The van der Waals surface area contributed by atoms with E-state index in [0.717, 1.165) is 16.9 Å². The number of benzene rings is 2. The molecule has 0 saturated carbocycles. The summed E-state index contributed by atoms with van der Waals surface area (Å²) in [6, 6.07) is 19.1. The highest BCUT2D eigenvalue weighted by atomic mass is 16.5. The van der Waals surface area contributed by atoms with E-state index < -0.39 is 0 Å². The molecule has 6 nitrogen and oxygen atoms in total. The third kappa shape index (κ3) is 3.43. The molecule has 1 amide bonds. The van der Waals surface area contributed by atoms with Crippen LogP contribution in [0.25, 0.3) is 11.8 Å². The summed E-state index contributed by atoms with van der Waals surface area (Å²) < 4.78 is 7.02. The molecule has 1 aliphatic rings. The Hall–Kier alpha value is -3.51. The second-order valence-corrected chi connectivity index (χ2v) is 6.03. The first-order chi connectivity index (χ1) is 13.3. The third-order valence-corrected chi connectivity index (χ3v) is 4.21. The monoisotopic (exact) mass is 358 g/mol. The fraction of sp³-hybridized carbons (Fsp3) is 0.0952. The number of hydrazone groups is 1. The van der Waals surface area contributed by atoms with Crippen LogP contribution in [0.1, 0.15) is 5.56 Å². The van der Waals surface area contributed by atoms with E-state index in [2.05, 4.69) is 10.2 Å². The highest BCUT2D eigenvalue weighted by Gasteiger charge is 2.30. The van der Waals surface area contributed by atoms with E-state index in [-0.39, 0.29) is 12.5 Å². The summed E-state index contributed by atoms with van der Waals surface area (Å²) in [6.07, 6.45) is 5.46. The lowest BCUT2D eigenvalue weighted by atomic mass is 10.1. The molecule has 1 aromatic heterocycles. The highest BCUT2D eigenvalue weighted by molar-refractivity contribution is 6.33. The second kappa shape index (κ2) is 7.39. The maximum absolute atomic E-state index is 12.9. The van der Waals surface area contributed by atoms with Gasteiger partial charge in [-0.15, -0.1) is 0 Å². The van der Waals surface area contributed by atoms with Gasteiger partial charge in [0.2, 0.25) is 0 Å². The van der Waals surface area contributed by atoms with Crippen LogP contribution in [-0.4, -0.2) is 35.1 Å². The van der Waals surface area contributed by atoms with Crippen molar-refractivity contribution in [2.45, 2.75) is 0 Å². The van der Waals surface area contributed by atoms with Gasteiger partial charge in [0.05, 0.1) is 29.3 Å². The molecule has 2 heterocycles. The number of para-hydroxylation sites is 1. The molecular weight excluding hydrogens is 340 g/mol. The standard InChI is InChI=1S/C21H18N4O2/c1-27-15-20-19(21(26)25(23-20)18-6-3-2-4-7-18)14-16-8-10-17(11-9-16)24-13-5-12-22-24/h2-14H,15H2,1H3/b19-14-. The van der Waals surface area contributed by atoms with Gasteiger partial charge in [0.15, 0.2) is 0 Å². The number of carbonyl (C=O) groups excluding carboxylic acids is 1. The Bertz CT molecular complexity index is 990. The van der Waals surface area contributed by atoms with E-state index in [1.165, 1.54) is 5.01 Å². The van der Waals surface area contributed by atoms with Crippen molar-refractivity contribution in [3.63, 3.8) is 0 Å². The summed E-state index contributed by atoms with van der Waals surface area (Å²) in [4.78, 5) is 12.9. The van der Waals surface area contributed by atoms with Crippen LogP contribution in [0.2, 0.25) is 0 Å². The molecule has 0 saturated heterocycles. The summed E-state index contributed by atoms with van der Waals surface area (Å²) in [5, 5.41) is 10.1. The number of methoxy groups -OCH3 is 1. The molecule has 0 spiro atoms. The van der Waals surface area contributed by atoms with Crippen LogP contribution in [0, 0.1) is 0 Å². The van der Waals surface area contributed by atoms with Gasteiger partial charge in [-0.3, -0.25) is 4.79 Å². The van der Waals surface area contributed by atoms with Gasteiger partial charge in [-0.25, -0.2) is 4.68 Å². The molecule has 134 valence electrons. The summed E-state index contributed by atoms with van der Waals surface area (Å²) in [5.41, 5.74) is 3.74. The molecular formula is C21H18N4O2. The topological polar surface area (TPSA) is 59.7 Å². The predicted octanol–water partition coefficient (Wildman–Crippen LogP) is 3.30. The molecule has 3 aromatic rings. The molecule has 6 heteroatoms. The number of ether oxygens (including phenoxy) is 1. The maximum atomic E-state index is 12.9. The Kier molecular flexibility index (Phi) is 4.63. The van der Waals surface area contributed by atoms with Gasteiger partial charge in [0, 0.05) is 19.5 Å². The van der Waals surface area contributed by atoms with Gasteiger partial charge in [-0.2, -0.15) is 15.2 Å². The summed E-state index contributed by atoms with van der Waals surface area (Å²) in [6.45, 7) is 0.270. The van der Waals surface area contributed by atoms with Crippen molar-refractivity contribution < 1.29 is 9.53 Å². The van der Waals surface area contributed by atoms with Gasteiger partial charge in [-0.05, 0) is 42.0 Å². The first-order valence-electron chi connectivity index (χ1n) is 8.54. The van der Waals surface area contributed by atoms with Crippen LogP contribution in [0.15, 0.2) is 83.7 Å². The van der Waals surface area contributed by atoms with E-state index in [1.807, 2.05) is 72.9 Å². The minimum Gasteiger partial charge on any atom is -0.378 e. The minimum atomic E-state index is -0.163. The molecule has 2 aromatic carbocycles. The van der Waals surface area contributed by atoms with Crippen molar-refractivity contribution in [3.8, 4) is 5.69 Å². The predicted molar refractivity (Wildman–Crippen MR) is 105 cm³/mol. The number of nitrogens with zero attached hydrogens (tertiary/aromatic N) is 4. The smallest absolute Gasteiger partial charge is 0.280 e. The van der Waals surface area contributed by atoms with E-state index >= 15 is 0 Å². The van der Waals surface area contributed by atoms with Crippen LogP contribution < -0.4 is 5.01 Å². The van der Waals surface area contributed by atoms with Crippen molar-refractivity contribution in [2.24, 2.45) is 5.10 Å². The number of hydrogen-bond acceptors (Lipinski definition) is 4. The number of rotatable bonds is 5. The van der Waals surface area contributed by atoms with Gasteiger partial charge < -0.3 is 4.74 Å². The van der Waals surface area contributed by atoms with Gasteiger partial charge in [0.25, 0.3) is 5.91 Å². The fourth-order valence-corrected chi connectivity index (χ4v) is 2.90. The van der Waals surface area contributed by atoms with E-state index in [4.69, 9.17) is 4.74 Å². The second-order valence-electron chi connectivity index (χ2n) is 6.03. The van der Waals surface area contributed by atoms with Gasteiger partial charge in [-0.1, -0.05) is 30.3 Å². The van der Waals surface area contributed by atoms with Crippen LogP contribution in [0.4, 0.5) is 5.69 Å². The molecule has 0 atom stereocenters. The number of hydrogen-bond donors (Lipinski definition) is 0. The zero-order valence-electron chi connectivity index (χ0n) is 14.8. The molecule has 0 aliphatic carbocycles. The SMILES string of the molecule is COCC1=NN(c2ccccc2)C(=O)/C1=C\c1ccc(-n2cccn2)cc1. The Balaban J connectivity index is 1.65. The number of aromatic nitrogens is 2. The molecule has 0 fully saturated rings. The Labute approximate surface area is 157 Å². The minimum absolute atomic E-state index is 0.163. The van der Waals surface area contributed by atoms with Crippen molar-refractivity contribution >= 4 is 23.4 Å². The maximum Gasteiger partial charge on any atom is 0.280 e. The lowest BCUT2D eigenvalue weighted by Crippen LogP contribution is -2.21. The average Bonchev–Trinajstić information content (AvgIpc) is 3.34. The molecule has 4 rings (SSSR count). The van der Waals surface area contributed by atoms with Crippen molar-refractivity contribution in [2.75, 3.05) is 18.7 Å². The van der Waals surface area contributed by atoms with Crippen LogP contribution in [0.3, 0.4) is 0 Å². The van der Waals surface area contributed by atoms with Crippen molar-refractivity contribution in [1.29, 1.82) is 0 Å². The molecule has 0 unspecified atom stereocenters. The van der Waals surface area contributed by atoms with E-state index in [0.29, 0.717) is 11.3 Å². The summed E-state index contributed by atoms with van der Waals surface area (Å²) in [7, 11) is 1.59. The zero-order chi connectivity index (χ0) is 18.6. The number of carbonyl (C=O) groups is 1. The lowest BCUT2D eigenvalue weighted by molar-refractivity contribution is -0.114. The first-order valence-corrected chi connectivity index (χ1v) is 8.54. The zero-order valence-corrected chi connectivity index (χ0v) is 14.8.